The number of hydrogen-bond acceptors (Lipinski definition) is 6. The number of ether oxygens (including phenoxy) is 3. The van der Waals surface area contributed by atoms with Crippen molar-refractivity contribution in [3.8, 4) is 17.6 Å². The van der Waals surface area contributed by atoms with Gasteiger partial charge in [0.1, 0.15) is 6.07 Å². The van der Waals surface area contributed by atoms with Gasteiger partial charge in [0, 0.05) is 6.07 Å². The molecule has 0 saturated heterocycles. The Morgan fingerprint density at radius 3 is 3.06 bits per heavy atom. The zero-order valence-electron chi connectivity index (χ0n) is 9.15. The molecule has 0 amide bonds. The molecular weight excluding hydrogens is 224 g/mol. The van der Waals surface area contributed by atoms with Crippen LogP contribution in [0.4, 0.5) is 5.69 Å². The highest BCUT2D eigenvalue weighted by Gasteiger charge is 2.26. The summed E-state index contributed by atoms with van der Waals surface area (Å²) in [5, 5.41) is 9.01. The van der Waals surface area contributed by atoms with E-state index in [1.165, 1.54) is 6.07 Å². The predicted octanol–water partition coefficient (Wildman–Crippen LogP) is 1.05. The first-order valence-corrected chi connectivity index (χ1v) is 4.98. The summed E-state index contributed by atoms with van der Waals surface area (Å²) in [7, 11) is 0. The molecule has 2 rings (SSSR count). The third kappa shape index (κ3) is 1.72. The van der Waals surface area contributed by atoms with Crippen LogP contribution in [0.5, 0.6) is 11.5 Å². The van der Waals surface area contributed by atoms with E-state index in [2.05, 4.69) is 0 Å². The average Bonchev–Trinajstić information content (AvgIpc) is 2.77. The summed E-state index contributed by atoms with van der Waals surface area (Å²) in [5.41, 5.74) is 5.99. The van der Waals surface area contributed by atoms with Gasteiger partial charge in [0.05, 0.1) is 23.4 Å². The van der Waals surface area contributed by atoms with Gasteiger partial charge in [-0.3, -0.25) is 0 Å². The molecule has 1 heterocycles. The van der Waals surface area contributed by atoms with Crippen molar-refractivity contribution in [1.29, 1.82) is 5.26 Å². The van der Waals surface area contributed by atoms with Crippen molar-refractivity contribution in [2.45, 2.75) is 6.92 Å². The lowest BCUT2D eigenvalue weighted by molar-refractivity contribution is 0.0525. The quantitative estimate of drug-likeness (QED) is 0.607. The van der Waals surface area contributed by atoms with Crippen LogP contribution >= 0.6 is 0 Å². The normalized spacial score (nSPS) is 12.0. The lowest BCUT2D eigenvalue weighted by atomic mass is 10.1. The predicted molar refractivity (Wildman–Crippen MR) is 57.6 cm³/mol. The number of nitriles is 1. The number of esters is 1. The van der Waals surface area contributed by atoms with Crippen LogP contribution < -0.4 is 15.2 Å². The van der Waals surface area contributed by atoms with E-state index in [9.17, 15) is 4.79 Å². The number of hydrogen-bond donors (Lipinski definition) is 1. The third-order valence-electron chi connectivity index (χ3n) is 2.31. The van der Waals surface area contributed by atoms with Gasteiger partial charge < -0.3 is 19.9 Å². The smallest absolute Gasteiger partial charge is 0.339 e. The minimum Gasteiger partial charge on any atom is -0.462 e. The van der Waals surface area contributed by atoms with Crippen molar-refractivity contribution in [3.05, 3.63) is 17.2 Å². The molecule has 88 valence electrons. The largest absolute Gasteiger partial charge is 0.462 e. The molecule has 0 bridgehead atoms. The van der Waals surface area contributed by atoms with Gasteiger partial charge in [-0.05, 0) is 6.92 Å². The summed E-state index contributed by atoms with van der Waals surface area (Å²) in [6.45, 7) is 1.93. The Hall–Kier alpha value is -2.42. The van der Waals surface area contributed by atoms with E-state index < -0.39 is 5.97 Å². The summed E-state index contributed by atoms with van der Waals surface area (Å²) < 4.78 is 15.1. The highest BCUT2D eigenvalue weighted by molar-refractivity contribution is 5.96. The van der Waals surface area contributed by atoms with Crippen molar-refractivity contribution < 1.29 is 19.0 Å². The maximum Gasteiger partial charge on any atom is 0.339 e. The zero-order chi connectivity index (χ0) is 12.4. The van der Waals surface area contributed by atoms with Crippen molar-refractivity contribution in [2.75, 3.05) is 19.1 Å². The SMILES string of the molecule is CCOC(=O)c1cc2c(c(N)c1C#N)OCO2. The van der Waals surface area contributed by atoms with Crippen LogP contribution in [0.1, 0.15) is 22.8 Å². The summed E-state index contributed by atoms with van der Waals surface area (Å²) >= 11 is 0. The molecule has 0 aromatic heterocycles. The summed E-state index contributed by atoms with van der Waals surface area (Å²) in [4.78, 5) is 11.7. The zero-order valence-corrected chi connectivity index (χ0v) is 9.15. The minimum atomic E-state index is -0.603. The molecule has 0 aliphatic carbocycles. The van der Waals surface area contributed by atoms with Crippen LogP contribution in [0.3, 0.4) is 0 Å². The molecule has 0 radical (unpaired) electrons. The number of nitrogens with two attached hydrogens (primary N) is 1. The Balaban J connectivity index is 2.56. The molecule has 17 heavy (non-hydrogen) atoms. The van der Waals surface area contributed by atoms with Crippen LogP contribution in [-0.4, -0.2) is 19.4 Å². The van der Waals surface area contributed by atoms with Gasteiger partial charge in [0.15, 0.2) is 11.5 Å². The highest BCUT2D eigenvalue weighted by Crippen LogP contribution is 2.41. The van der Waals surface area contributed by atoms with E-state index in [1.807, 2.05) is 6.07 Å². The number of carbonyl (C=O) groups is 1. The molecule has 6 heteroatoms. The molecule has 1 aromatic carbocycles. The summed E-state index contributed by atoms with van der Waals surface area (Å²) in [5.74, 6) is 0.0493. The minimum absolute atomic E-state index is 0.0245. The second-order valence-electron chi connectivity index (χ2n) is 3.28. The Kier molecular flexibility index (Phi) is 2.75. The summed E-state index contributed by atoms with van der Waals surface area (Å²) in [6, 6.07) is 3.28. The van der Waals surface area contributed by atoms with E-state index in [-0.39, 0.29) is 30.2 Å². The van der Waals surface area contributed by atoms with Gasteiger partial charge in [0.2, 0.25) is 6.79 Å². The second kappa shape index (κ2) is 4.22. The van der Waals surface area contributed by atoms with E-state index in [0.717, 1.165) is 0 Å². The number of carbonyl (C=O) groups excluding carboxylic acids is 1. The van der Waals surface area contributed by atoms with Crippen molar-refractivity contribution in [3.63, 3.8) is 0 Å². The monoisotopic (exact) mass is 234 g/mol. The first-order valence-electron chi connectivity index (χ1n) is 4.98. The number of benzene rings is 1. The summed E-state index contributed by atoms with van der Waals surface area (Å²) in [6.07, 6.45) is 0. The average molecular weight is 234 g/mol. The molecular formula is C11H10N2O4. The lowest BCUT2D eigenvalue weighted by Crippen LogP contribution is -2.09. The fourth-order valence-electron chi connectivity index (χ4n) is 1.56. The van der Waals surface area contributed by atoms with Crippen molar-refractivity contribution in [2.24, 2.45) is 0 Å². The van der Waals surface area contributed by atoms with Gasteiger partial charge in [-0.2, -0.15) is 5.26 Å². The van der Waals surface area contributed by atoms with Gasteiger partial charge in [-0.15, -0.1) is 0 Å². The van der Waals surface area contributed by atoms with Gasteiger partial charge in [0.25, 0.3) is 0 Å². The van der Waals surface area contributed by atoms with Crippen molar-refractivity contribution in [1.82, 2.24) is 0 Å². The van der Waals surface area contributed by atoms with Crippen LogP contribution in [0, 0.1) is 11.3 Å². The topological polar surface area (TPSA) is 94.6 Å². The Morgan fingerprint density at radius 1 is 1.65 bits per heavy atom. The number of fused-ring (bicyclic) bond motifs is 1. The van der Waals surface area contributed by atoms with E-state index >= 15 is 0 Å². The Labute approximate surface area is 97.5 Å². The maximum absolute atomic E-state index is 11.7. The van der Waals surface area contributed by atoms with E-state index in [0.29, 0.717) is 11.5 Å². The fourth-order valence-corrected chi connectivity index (χ4v) is 1.56. The van der Waals surface area contributed by atoms with E-state index in [4.69, 9.17) is 25.2 Å². The molecule has 0 fully saturated rings. The lowest BCUT2D eigenvalue weighted by Gasteiger charge is -2.08. The number of nitrogens with zero attached hydrogens (tertiary/aromatic N) is 1. The number of anilines is 1. The van der Waals surface area contributed by atoms with Crippen LogP contribution in [-0.2, 0) is 4.74 Å². The molecule has 0 spiro atoms. The second-order valence-corrected chi connectivity index (χ2v) is 3.28. The molecule has 2 N–H and O–H groups in total. The highest BCUT2D eigenvalue weighted by atomic mass is 16.7. The molecule has 6 nitrogen and oxygen atoms in total. The molecule has 1 aliphatic rings. The van der Waals surface area contributed by atoms with Gasteiger partial charge in [-0.25, -0.2) is 4.79 Å². The first-order chi connectivity index (χ1) is 8.19. The third-order valence-corrected chi connectivity index (χ3v) is 2.31. The Morgan fingerprint density at radius 2 is 2.41 bits per heavy atom. The molecule has 0 unspecified atom stereocenters. The Bertz CT molecular complexity index is 519. The maximum atomic E-state index is 11.7. The van der Waals surface area contributed by atoms with Gasteiger partial charge in [-0.1, -0.05) is 0 Å². The van der Waals surface area contributed by atoms with Crippen LogP contribution in [0.2, 0.25) is 0 Å². The fraction of sp³-hybridized carbons (Fsp3) is 0.273. The molecule has 1 aliphatic heterocycles. The van der Waals surface area contributed by atoms with E-state index in [1.54, 1.807) is 6.92 Å². The van der Waals surface area contributed by atoms with Crippen LogP contribution in [0.15, 0.2) is 6.07 Å². The molecule has 1 aromatic rings. The van der Waals surface area contributed by atoms with Crippen molar-refractivity contribution >= 4 is 11.7 Å². The molecule has 0 atom stereocenters. The van der Waals surface area contributed by atoms with Gasteiger partial charge >= 0.3 is 5.97 Å². The number of rotatable bonds is 2. The van der Waals surface area contributed by atoms with Crippen LogP contribution in [0.25, 0.3) is 0 Å². The molecule has 0 saturated carbocycles. The standard InChI is InChI=1S/C11H10N2O4/c1-2-15-11(14)6-3-8-10(17-5-16-8)9(13)7(6)4-12/h3H,2,5,13H2,1H3. The first kappa shape index (κ1) is 11.1. The number of nitrogen functional groups attached to an aromatic ring is 1.